The smallest absolute Gasteiger partial charge is 0.225 e. The number of nitrogens with zero attached hydrogens (tertiary/aromatic N) is 2. The molecule has 5 nitrogen and oxygen atoms in total. The summed E-state index contributed by atoms with van der Waals surface area (Å²) < 4.78 is 5.47. The molecule has 0 spiro atoms. The molecule has 0 saturated carbocycles. The number of hydrogen-bond acceptors (Lipinski definition) is 4. The van der Waals surface area contributed by atoms with Crippen LogP contribution in [0.25, 0.3) is 0 Å². The summed E-state index contributed by atoms with van der Waals surface area (Å²) >= 11 is 0. The zero-order valence-corrected chi connectivity index (χ0v) is 19.9. The van der Waals surface area contributed by atoms with Crippen molar-refractivity contribution in [2.75, 3.05) is 20.2 Å². The Morgan fingerprint density at radius 2 is 2.00 bits per heavy atom. The van der Waals surface area contributed by atoms with Gasteiger partial charge in [0.25, 0.3) is 0 Å². The predicted octanol–water partition coefficient (Wildman–Crippen LogP) is 4.82. The van der Waals surface area contributed by atoms with Gasteiger partial charge in [0.15, 0.2) is 0 Å². The molecule has 0 aliphatic carbocycles. The molecular weight excluding hydrogens is 386 g/mol. The van der Waals surface area contributed by atoms with E-state index in [1.165, 1.54) is 16.7 Å². The van der Waals surface area contributed by atoms with Crippen molar-refractivity contribution in [3.8, 4) is 5.75 Å². The van der Waals surface area contributed by atoms with Gasteiger partial charge in [-0.25, -0.2) is 0 Å². The number of amides is 1. The van der Waals surface area contributed by atoms with Gasteiger partial charge in [-0.2, -0.15) is 0 Å². The molecule has 1 aromatic carbocycles. The lowest BCUT2D eigenvalue weighted by Gasteiger charge is -2.38. The topological polar surface area (TPSA) is 54.5 Å². The van der Waals surface area contributed by atoms with Crippen molar-refractivity contribution in [3.63, 3.8) is 0 Å². The first-order valence-electron chi connectivity index (χ1n) is 11.3. The van der Waals surface area contributed by atoms with Crippen LogP contribution < -0.4 is 10.1 Å². The minimum atomic E-state index is -0.431. The highest BCUT2D eigenvalue weighted by Gasteiger charge is 2.33. The maximum atomic E-state index is 12.8. The predicted molar refractivity (Wildman–Crippen MR) is 125 cm³/mol. The minimum Gasteiger partial charge on any atom is -0.496 e. The third kappa shape index (κ3) is 5.65. The number of methoxy groups -OCH3 is 1. The zero-order valence-electron chi connectivity index (χ0n) is 19.9. The first-order valence-corrected chi connectivity index (χ1v) is 11.3. The molecule has 3 rings (SSSR count). The highest BCUT2D eigenvalue weighted by Crippen LogP contribution is 2.32. The van der Waals surface area contributed by atoms with Crippen LogP contribution in [0.1, 0.15) is 62.0 Å². The number of nitrogens with one attached hydrogen (secondary N) is 1. The number of benzene rings is 1. The number of rotatable bonds is 6. The molecule has 5 heteroatoms. The van der Waals surface area contributed by atoms with Crippen LogP contribution in [0.15, 0.2) is 36.5 Å². The van der Waals surface area contributed by atoms with Gasteiger partial charge in [-0.15, -0.1) is 0 Å². The van der Waals surface area contributed by atoms with E-state index in [1.54, 1.807) is 7.11 Å². The number of piperidine rings is 1. The molecule has 0 radical (unpaired) electrons. The fourth-order valence-electron chi connectivity index (χ4n) is 4.34. The summed E-state index contributed by atoms with van der Waals surface area (Å²) in [7, 11) is 1.72. The first-order chi connectivity index (χ1) is 14.7. The van der Waals surface area contributed by atoms with E-state index < -0.39 is 5.41 Å². The Kier molecular flexibility index (Phi) is 7.37. The summed E-state index contributed by atoms with van der Waals surface area (Å²) in [6.07, 6.45) is 4.02. The number of pyridine rings is 1. The molecule has 2 unspecified atom stereocenters. The summed E-state index contributed by atoms with van der Waals surface area (Å²) in [5.41, 5.74) is 4.36. The van der Waals surface area contributed by atoms with E-state index in [9.17, 15) is 4.79 Å². The molecule has 0 bridgehead atoms. The molecular formula is C26H37N3O2. The van der Waals surface area contributed by atoms with Gasteiger partial charge in [-0.05, 0) is 74.0 Å². The van der Waals surface area contributed by atoms with Crippen LogP contribution in [-0.4, -0.2) is 36.0 Å². The highest BCUT2D eigenvalue weighted by atomic mass is 16.5. The first kappa shape index (κ1) is 23.3. The van der Waals surface area contributed by atoms with Crippen molar-refractivity contribution in [3.05, 3.63) is 58.9 Å². The number of likely N-dealkylation sites (tertiary alicyclic amines) is 1. The molecule has 2 atom stereocenters. The Balaban J connectivity index is 1.79. The van der Waals surface area contributed by atoms with E-state index in [0.717, 1.165) is 43.9 Å². The van der Waals surface area contributed by atoms with Crippen LogP contribution >= 0.6 is 0 Å². The molecule has 2 aromatic rings. The number of hydrogen-bond donors (Lipinski definition) is 1. The lowest BCUT2D eigenvalue weighted by atomic mass is 9.86. The summed E-state index contributed by atoms with van der Waals surface area (Å²) in [5.74, 6) is 1.34. The van der Waals surface area contributed by atoms with Gasteiger partial charge in [0.2, 0.25) is 5.91 Å². The minimum absolute atomic E-state index is 0.0712. The fraction of sp³-hybridized carbons (Fsp3) is 0.538. The van der Waals surface area contributed by atoms with E-state index in [2.05, 4.69) is 41.2 Å². The van der Waals surface area contributed by atoms with Gasteiger partial charge < -0.3 is 10.1 Å². The van der Waals surface area contributed by atoms with Crippen molar-refractivity contribution in [1.29, 1.82) is 0 Å². The van der Waals surface area contributed by atoms with Gasteiger partial charge in [0.1, 0.15) is 5.75 Å². The Hall–Kier alpha value is -2.40. The van der Waals surface area contributed by atoms with Gasteiger partial charge in [0.05, 0.1) is 18.8 Å². The van der Waals surface area contributed by atoms with Crippen LogP contribution in [0.2, 0.25) is 0 Å². The van der Waals surface area contributed by atoms with E-state index in [0.29, 0.717) is 5.92 Å². The molecule has 31 heavy (non-hydrogen) atoms. The molecule has 1 fully saturated rings. The Morgan fingerprint density at radius 3 is 2.65 bits per heavy atom. The van der Waals surface area contributed by atoms with Gasteiger partial charge in [-0.3, -0.25) is 14.7 Å². The summed E-state index contributed by atoms with van der Waals surface area (Å²) in [5, 5.41) is 3.32. The molecule has 1 amide bonds. The average Bonchev–Trinajstić information content (AvgIpc) is 2.75. The van der Waals surface area contributed by atoms with Crippen molar-refractivity contribution in [1.82, 2.24) is 15.2 Å². The largest absolute Gasteiger partial charge is 0.496 e. The number of ether oxygens (including phenoxy) is 1. The quantitative estimate of drug-likeness (QED) is 0.724. The van der Waals surface area contributed by atoms with Gasteiger partial charge in [0, 0.05) is 24.7 Å². The van der Waals surface area contributed by atoms with E-state index in [1.807, 2.05) is 45.2 Å². The monoisotopic (exact) mass is 423 g/mol. The highest BCUT2D eigenvalue weighted by molar-refractivity contribution is 5.81. The van der Waals surface area contributed by atoms with Gasteiger partial charge in [-0.1, -0.05) is 32.9 Å². The zero-order chi connectivity index (χ0) is 22.6. The summed E-state index contributed by atoms with van der Waals surface area (Å²) in [6, 6.07) is 10.1. The Bertz CT molecular complexity index is 890. The number of aromatic nitrogens is 1. The normalized spacial score (nSPS) is 18.5. The fourth-order valence-corrected chi connectivity index (χ4v) is 4.34. The van der Waals surface area contributed by atoms with Crippen LogP contribution in [0.4, 0.5) is 0 Å². The molecule has 1 saturated heterocycles. The van der Waals surface area contributed by atoms with E-state index in [4.69, 9.17) is 4.74 Å². The third-order valence-corrected chi connectivity index (χ3v) is 6.45. The Morgan fingerprint density at radius 1 is 1.23 bits per heavy atom. The molecule has 1 aliphatic heterocycles. The lowest BCUT2D eigenvalue weighted by molar-refractivity contribution is -0.130. The van der Waals surface area contributed by atoms with Crippen molar-refractivity contribution in [2.45, 2.75) is 60.0 Å². The van der Waals surface area contributed by atoms with Gasteiger partial charge >= 0.3 is 0 Å². The lowest BCUT2D eigenvalue weighted by Crippen LogP contribution is -2.45. The van der Waals surface area contributed by atoms with E-state index >= 15 is 0 Å². The van der Waals surface area contributed by atoms with E-state index in [-0.39, 0.29) is 11.9 Å². The number of carbonyl (C=O) groups is 1. The van der Waals surface area contributed by atoms with Crippen LogP contribution in [0.5, 0.6) is 5.75 Å². The molecule has 1 aliphatic rings. The second kappa shape index (κ2) is 9.82. The van der Waals surface area contributed by atoms with Crippen LogP contribution in [0, 0.1) is 25.2 Å². The maximum absolute atomic E-state index is 12.8. The second-order valence-electron chi connectivity index (χ2n) is 9.77. The molecule has 1 aromatic heterocycles. The molecule has 1 N–H and O–H groups in total. The SMILES string of the molecule is COc1ccc(CN2CCCC(C(NC(=O)C(C)(C)C)c3ccccn3)C2)c(C)c1C. The third-order valence-electron chi connectivity index (χ3n) is 6.45. The molecule has 168 valence electrons. The standard InChI is InChI=1S/C26H37N3O2/c1-18-19(2)23(31-6)13-12-20(18)16-29-15-9-10-21(17-29)24(22-11-7-8-14-27-22)28-25(30)26(3,4)5/h7-8,11-14,21,24H,9-10,15-17H2,1-6H3,(H,28,30). The maximum Gasteiger partial charge on any atom is 0.225 e. The summed E-state index contributed by atoms with van der Waals surface area (Å²) in [6.45, 7) is 13.1. The van der Waals surface area contributed by atoms with Crippen LogP contribution in [-0.2, 0) is 11.3 Å². The average molecular weight is 424 g/mol. The second-order valence-corrected chi connectivity index (χ2v) is 9.77. The number of carbonyl (C=O) groups excluding carboxylic acids is 1. The Labute approximate surface area is 187 Å². The van der Waals surface area contributed by atoms with Crippen molar-refractivity contribution < 1.29 is 9.53 Å². The van der Waals surface area contributed by atoms with Crippen molar-refractivity contribution in [2.24, 2.45) is 11.3 Å². The summed E-state index contributed by atoms with van der Waals surface area (Å²) in [4.78, 5) is 20.0. The van der Waals surface area contributed by atoms with Crippen LogP contribution in [0.3, 0.4) is 0 Å². The van der Waals surface area contributed by atoms with Crippen molar-refractivity contribution >= 4 is 5.91 Å². The molecule has 2 heterocycles.